The molecule has 2 fully saturated rings. The fraction of sp³-hybridized carbons (Fsp3) is 0.766. The van der Waals surface area contributed by atoms with Crippen LogP contribution in [0.25, 0.3) is 0 Å². The van der Waals surface area contributed by atoms with E-state index in [2.05, 4.69) is 0 Å². The van der Waals surface area contributed by atoms with Gasteiger partial charge in [0.1, 0.15) is 11.4 Å². The predicted octanol–water partition coefficient (Wildman–Crippen LogP) is 7.03. The Hall–Kier alpha value is -3.15. The summed E-state index contributed by atoms with van der Waals surface area (Å²) in [6, 6.07) is 8.68. The Morgan fingerprint density at radius 1 is 0.793 bits per heavy atom. The van der Waals surface area contributed by atoms with Gasteiger partial charge in [0, 0.05) is 52.5 Å². The number of hydrogen-bond acceptors (Lipinski definition) is 9. The standard InChI is InChI=1S/C47H77N3O8/c1-30(2)36(28-39(52)42(31(3)4)48(9)10)45(54)49(11)43(34-22-17-18-23-34)40(56-12)29-41(53)50-25-19-24-37(50)44(57-13)32(5)38(51)27-35(46(55)58-47(6,7)8)26-33-20-15-14-16-21-33/h14-16,20-21,30-32,34-37,40,42-44H,17-19,22-29H2,1-13H3/t32-,35+,36-,37-,40+,42-,43-,44+/m0/s1. The van der Waals surface area contributed by atoms with Crippen LogP contribution in [-0.4, -0.2) is 122 Å². The highest BCUT2D eigenvalue weighted by Crippen LogP contribution is 2.36. The summed E-state index contributed by atoms with van der Waals surface area (Å²) in [6.07, 6.45) is 4.88. The zero-order valence-corrected chi connectivity index (χ0v) is 38.1. The van der Waals surface area contributed by atoms with Crippen LogP contribution in [0.4, 0.5) is 0 Å². The van der Waals surface area contributed by atoms with E-state index in [0.29, 0.717) is 19.4 Å². The van der Waals surface area contributed by atoms with Crippen molar-refractivity contribution < 1.29 is 38.2 Å². The van der Waals surface area contributed by atoms with Gasteiger partial charge in [-0.1, -0.05) is 77.8 Å². The molecule has 0 unspecified atom stereocenters. The lowest BCUT2D eigenvalue weighted by Gasteiger charge is -2.41. The van der Waals surface area contributed by atoms with E-state index in [1.165, 1.54) is 0 Å². The van der Waals surface area contributed by atoms with Gasteiger partial charge < -0.3 is 24.0 Å². The number of methoxy groups -OCH3 is 2. The lowest BCUT2D eigenvalue weighted by Crippen LogP contribution is -2.54. The first-order valence-corrected chi connectivity index (χ1v) is 21.8. The van der Waals surface area contributed by atoms with Crippen molar-refractivity contribution in [3.05, 3.63) is 35.9 Å². The molecule has 1 aromatic rings. The SMILES string of the molecule is CO[C@H]([C@@H](C)C(=O)C[C@@H](Cc1ccccc1)C(=O)OC(C)(C)C)[C@@H]1CCCN1C(=O)C[C@@H](OC)[C@H](C1CCCC1)N(C)C(=O)[C@@H](CC(=O)[C@H](C(C)C)N(C)C)C(C)C. The number of amides is 2. The van der Waals surface area contributed by atoms with Crippen molar-refractivity contribution in [3.63, 3.8) is 0 Å². The number of benzene rings is 1. The van der Waals surface area contributed by atoms with Crippen molar-refractivity contribution in [1.29, 1.82) is 0 Å². The molecular weight excluding hydrogens is 735 g/mol. The van der Waals surface area contributed by atoms with Gasteiger partial charge in [0.05, 0.1) is 42.7 Å². The second-order valence-corrected chi connectivity index (χ2v) is 19.0. The number of esters is 1. The van der Waals surface area contributed by atoms with Gasteiger partial charge in [-0.15, -0.1) is 0 Å². The topological polar surface area (TPSA) is 123 Å². The molecule has 58 heavy (non-hydrogen) atoms. The maximum Gasteiger partial charge on any atom is 0.310 e. The van der Waals surface area contributed by atoms with Crippen LogP contribution >= 0.6 is 0 Å². The largest absolute Gasteiger partial charge is 0.460 e. The average Bonchev–Trinajstić information content (AvgIpc) is 3.86. The second kappa shape index (κ2) is 22.5. The maximum atomic E-state index is 14.5. The summed E-state index contributed by atoms with van der Waals surface area (Å²) in [7, 11) is 8.83. The van der Waals surface area contributed by atoms with Gasteiger partial charge in [0.15, 0.2) is 5.78 Å². The van der Waals surface area contributed by atoms with Gasteiger partial charge in [-0.25, -0.2) is 0 Å². The van der Waals surface area contributed by atoms with Gasteiger partial charge in [0.25, 0.3) is 0 Å². The molecule has 0 spiro atoms. The van der Waals surface area contributed by atoms with Crippen molar-refractivity contribution in [2.45, 2.75) is 156 Å². The van der Waals surface area contributed by atoms with Crippen LogP contribution in [0.2, 0.25) is 0 Å². The van der Waals surface area contributed by atoms with Crippen molar-refractivity contribution in [2.24, 2.45) is 35.5 Å². The Bertz CT molecular complexity index is 1480. The summed E-state index contributed by atoms with van der Waals surface area (Å²) in [5, 5.41) is 0. The molecule has 11 heteroatoms. The Morgan fingerprint density at radius 2 is 1.41 bits per heavy atom. The predicted molar refractivity (Wildman–Crippen MR) is 228 cm³/mol. The molecule has 0 radical (unpaired) electrons. The molecule has 2 aliphatic rings. The molecule has 2 amide bonds. The van der Waals surface area contributed by atoms with Crippen molar-refractivity contribution >= 4 is 29.4 Å². The Morgan fingerprint density at radius 3 is 1.93 bits per heavy atom. The minimum atomic E-state index is -0.697. The number of ketones is 2. The fourth-order valence-electron chi connectivity index (χ4n) is 9.68. The number of likely N-dealkylation sites (N-methyl/N-ethyl adjacent to an activating group) is 2. The van der Waals surface area contributed by atoms with Gasteiger partial charge >= 0.3 is 5.97 Å². The van der Waals surface area contributed by atoms with E-state index in [4.69, 9.17) is 14.2 Å². The van der Waals surface area contributed by atoms with E-state index < -0.39 is 41.5 Å². The van der Waals surface area contributed by atoms with Gasteiger partial charge in [-0.2, -0.15) is 0 Å². The van der Waals surface area contributed by atoms with E-state index in [0.717, 1.165) is 37.7 Å². The summed E-state index contributed by atoms with van der Waals surface area (Å²) >= 11 is 0. The summed E-state index contributed by atoms with van der Waals surface area (Å²) < 4.78 is 18.0. The van der Waals surface area contributed by atoms with Gasteiger partial charge in [-0.3, -0.25) is 28.9 Å². The first-order valence-electron chi connectivity index (χ1n) is 21.8. The van der Waals surface area contributed by atoms with Crippen LogP contribution in [0.15, 0.2) is 30.3 Å². The van der Waals surface area contributed by atoms with Crippen molar-refractivity contribution in [2.75, 3.05) is 41.9 Å². The van der Waals surface area contributed by atoms with Crippen LogP contribution in [0.1, 0.15) is 119 Å². The van der Waals surface area contributed by atoms with Crippen LogP contribution in [0.3, 0.4) is 0 Å². The Kier molecular flexibility index (Phi) is 19.1. The molecule has 3 rings (SSSR count). The summed E-state index contributed by atoms with van der Waals surface area (Å²) in [6.45, 7) is 15.9. The molecule has 0 bridgehead atoms. The average molecular weight is 812 g/mol. The molecule has 1 heterocycles. The lowest BCUT2D eigenvalue weighted by molar-refractivity contribution is -0.161. The number of nitrogens with zero attached hydrogens (tertiary/aromatic N) is 3. The quantitative estimate of drug-likeness (QED) is 0.114. The first-order chi connectivity index (χ1) is 27.2. The van der Waals surface area contributed by atoms with Crippen molar-refractivity contribution in [1.82, 2.24) is 14.7 Å². The molecule has 328 valence electrons. The molecule has 8 atom stereocenters. The highest BCUT2D eigenvalue weighted by atomic mass is 16.6. The third kappa shape index (κ3) is 13.4. The summed E-state index contributed by atoms with van der Waals surface area (Å²) in [4.78, 5) is 75.6. The van der Waals surface area contributed by atoms with Crippen molar-refractivity contribution in [3.8, 4) is 0 Å². The Balaban J connectivity index is 1.82. The molecule has 1 aliphatic heterocycles. The summed E-state index contributed by atoms with van der Waals surface area (Å²) in [5.74, 6) is -2.18. The van der Waals surface area contributed by atoms with E-state index in [1.807, 2.05) is 117 Å². The molecule has 1 aromatic carbocycles. The number of rotatable bonds is 22. The number of Topliss-reactive ketones (excluding diaryl/α,β-unsaturated/α-hetero) is 2. The molecule has 0 N–H and O–H groups in total. The number of hydrogen-bond donors (Lipinski definition) is 0. The zero-order valence-electron chi connectivity index (χ0n) is 38.1. The molecule has 11 nitrogen and oxygen atoms in total. The number of likely N-dealkylation sites (tertiary alicyclic amines) is 1. The smallest absolute Gasteiger partial charge is 0.310 e. The van der Waals surface area contributed by atoms with E-state index >= 15 is 0 Å². The molecule has 0 aromatic heterocycles. The monoisotopic (exact) mass is 812 g/mol. The second-order valence-electron chi connectivity index (χ2n) is 19.0. The zero-order chi connectivity index (χ0) is 43.5. The molecule has 1 saturated heterocycles. The Labute approximate surface area is 350 Å². The fourth-order valence-corrected chi connectivity index (χ4v) is 9.68. The molecule has 1 aliphatic carbocycles. The van der Waals surface area contributed by atoms with Crippen LogP contribution < -0.4 is 0 Å². The van der Waals surface area contributed by atoms with Gasteiger partial charge in [0.2, 0.25) is 11.8 Å². The minimum absolute atomic E-state index is 0.00305. The van der Waals surface area contributed by atoms with E-state index in [-0.39, 0.29) is 78.5 Å². The highest BCUT2D eigenvalue weighted by Gasteiger charge is 2.45. The van der Waals surface area contributed by atoms with Crippen LogP contribution in [0, 0.1) is 35.5 Å². The highest BCUT2D eigenvalue weighted by molar-refractivity contribution is 5.90. The minimum Gasteiger partial charge on any atom is -0.460 e. The molecular formula is C47H77N3O8. The third-order valence-corrected chi connectivity index (χ3v) is 12.6. The number of carbonyl (C=O) groups excluding carboxylic acids is 5. The molecule has 1 saturated carbocycles. The maximum absolute atomic E-state index is 14.5. The van der Waals surface area contributed by atoms with Crippen LogP contribution in [-0.2, 0) is 44.6 Å². The first kappa shape index (κ1) is 49.2. The number of ether oxygens (including phenoxy) is 3. The van der Waals surface area contributed by atoms with E-state index in [9.17, 15) is 24.0 Å². The van der Waals surface area contributed by atoms with E-state index in [1.54, 1.807) is 19.1 Å². The lowest BCUT2D eigenvalue weighted by atomic mass is 9.83. The number of carbonyl (C=O) groups is 5. The van der Waals surface area contributed by atoms with Gasteiger partial charge in [-0.05, 0) is 90.3 Å². The normalized spacial score (nSPS) is 20.1. The van der Waals surface area contributed by atoms with Crippen LogP contribution in [0.5, 0.6) is 0 Å². The summed E-state index contributed by atoms with van der Waals surface area (Å²) in [5.41, 5.74) is 0.250. The third-order valence-electron chi connectivity index (χ3n) is 12.6.